The third kappa shape index (κ3) is 1.45. The van der Waals surface area contributed by atoms with Crippen molar-refractivity contribution in [3.05, 3.63) is 35.9 Å². The van der Waals surface area contributed by atoms with Gasteiger partial charge in [-0.1, -0.05) is 46.3 Å². The van der Waals surface area contributed by atoms with Gasteiger partial charge in [-0.15, -0.1) is 0 Å². The Balaban J connectivity index is 1.83. The molecule has 0 spiro atoms. The van der Waals surface area contributed by atoms with Gasteiger partial charge in [-0.3, -0.25) is 4.90 Å². The average Bonchev–Trinajstić information content (AvgIpc) is 2.94. The van der Waals surface area contributed by atoms with Crippen molar-refractivity contribution in [1.82, 2.24) is 4.90 Å². The van der Waals surface area contributed by atoms with Gasteiger partial charge in [-0.25, -0.2) is 0 Å². The highest BCUT2D eigenvalue weighted by Gasteiger charge is 2.60. The molecule has 1 unspecified atom stereocenters. The van der Waals surface area contributed by atoms with Crippen LogP contribution in [0.3, 0.4) is 0 Å². The minimum Gasteiger partial charge on any atom is -0.391 e. The van der Waals surface area contributed by atoms with Crippen molar-refractivity contribution in [2.45, 2.75) is 30.7 Å². The summed E-state index contributed by atoms with van der Waals surface area (Å²) in [4.78, 5) is 2.43. The first-order chi connectivity index (χ1) is 7.33. The fraction of sp³-hybridized carbons (Fsp3) is 0.500. The fourth-order valence-electron chi connectivity index (χ4n) is 2.85. The summed E-state index contributed by atoms with van der Waals surface area (Å²) >= 11 is 3.52. The lowest BCUT2D eigenvalue weighted by atomic mass is 10.0. The Morgan fingerprint density at radius 3 is 2.73 bits per heavy atom. The molecule has 5 atom stereocenters. The number of hydrogen-bond acceptors (Lipinski definition) is 2. The zero-order chi connectivity index (χ0) is 10.4. The van der Waals surface area contributed by atoms with E-state index in [1.807, 2.05) is 6.07 Å². The Labute approximate surface area is 98.0 Å². The summed E-state index contributed by atoms with van der Waals surface area (Å²) in [6.07, 6.45) is 0.775. The molecule has 0 amide bonds. The maximum Gasteiger partial charge on any atom is 0.0729 e. The van der Waals surface area contributed by atoms with Crippen LogP contribution >= 0.6 is 15.9 Å². The van der Waals surface area contributed by atoms with E-state index >= 15 is 0 Å². The van der Waals surface area contributed by atoms with E-state index in [0.29, 0.717) is 18.1 Å². The van der Waals surface area contributed by atoms with Crippen molar-refractivity contribution in [2.24, 2.45) is 0 Å². The van der Waals surface area contributed by atoms with Crippen molar-refractivity contribution in [1.29, 1.82) is 0 Å². The number of halogens is 1. The van der Waals surface area contributed by atoms with E-state index < -0.39 is 0 Å². The number of aliphatic hydroxyl groups excluding tert-OH is 1. The highest BCUT2D eigenvalue weighted by molar-refractivity contribution is 9.09. The molecular formula is C12H14BrNO. The highest BCUT2D eigenvalue weighted by atomic mass is 79.9. The lowest BCUT2D eigenvalue weighted by Gasteiger charge is -2.14. The van der Waals surface area contributed by atoms with Crippen LogP contribution in [-0.2, 0) is 0 Å². The van der Waals surface area contributed by atoms with Gasteiger partial charge in [0.05, 0.1) is 18.2 Å². The highest BCUT2D eigenvalue weighted by Crippen LogP contribution is 2.53. The minimum absolute atomic E-state index is 0.141. The maximum absolute atomic E-state index is 9.91. The molecule has 2 fully saturated rings. The van der Waals surface area contributed by atoms with Gasteiger partial charge in [0.1, 0.15) is 0 Å². The SMILES string of the molecule is O[C@H]1C[C@H](CBr)N2[C@@H]1[C@H]2c1ccccc1. The van der Waals surface area contributed by atoms with Crippen LogP contribution in [0.25, 0.3) is 0 Å². The molecule has 0 aliphatic carbocycles. The summed E-state index contributed by atoms with van der Waals surface area (Å²) in [5, 5.41) is 10.9. The van der Waals surface area contributed by atoms with Gasteiger partial charge in [0.2, 0.25) is 0 Å². The van der Waals surface area contributed by atoms with Crippen LogP contribution in [-0.4, -0.2) is 33.5 Å². The molecule has 0 saturated carbocycles. The van der Waals surface area contributed by atoms with Crippen molar-refractivity contribution in [3.63, 3.8) is 0 Å². The van der Waals surface area contributed by atoms with Crippen LogP contribution in [0, 0.1) is 0 Å². The number of rotatable bonds is 2. The molecule has 15 heavy (non-hydrogen) atoms. The fourth-order valence-corrected chi connectivity index (χ4v) is 3.45. The molecule has 1 N–H and O–H groups in total. The maximum atomic E-state index is 9.91. The Bertz CT molecular complexity index is 356. The third-order valence-corrected chi connectivity index (χ3v) is 4.30. The summed E-state index contributed by atoms with van der Waals surface area (Å²) in [5.41, 5.74) is 1.34. The number of piperidine rings is 1. The van der Waals surface area contributed by atoms with Crippen LogP contribution in [0.2, 0.25) is 0 Å². The molecular weight excluding hydrogens is 254 g/mol. The molecule has 2 aliphatic rings. The lowest BCUT2D eigenvalue weighted by molar-refractivity contribution is 0.175. The van der Waals surface area contributed by atoms with E-state index in [9.17, 15) is 5.11 Å². The quantitative estimate of drug-likeness (QED) is 0.654. The minimum atomic E-state index is -0.141. The molecule has 2 aliphatic heterocycles. The Morgan fingerprint density at radius 1 is 1.33 bits per heavy atom. The van der Waals surface area contributed by atoms with E-state index in [-0.39, 0.29) is 6.10 Å². The smallest absolute Gasteiger partial charge is 0.0729 e. The monoisotopic (exact) mass is 267 g/mol. The van der Waals surface area contributed by atoms with Crippen LogP contribution in [0.5, 0.6) is 0 Å². The molecule has 3 heteroatoms. The predicted octanol–water partition coefficient (Wildman–Crippen LogP) is 1.94. The van der Waals surface area contributed by atoms with Gasteiger partial charge >= 0.3 is 0 Å². The van der Waals surface area contributed by atoms with Crippen molar-refractivity contribution >= 4 is 15.9 Å². The Kier molecular flexibility index (Phi) is 2.34. The zero-order valence-corrected chi connectivity index (χ0v) is 9.97. The third-order valence-electron chi connectivity index (χ3n) is 3.55. The summed E-state index contributed by atoms with van der Waals surface area (Å²) in [6.45, 7) is 0. The lowest BCUT2D eigenvalue weighted by Crippen LogP contribution is -2.20. The van der Waals surface area contributed by atoms with E-state index in [2.05, 4.69) is 45.1 Å². The summed E-state index contributed by atoms with van der Waals surface area (Å²) in [7, 11) is 0. The largest absolute Gasteiger partial charge is 0.391 e. The van der Waals surface area contributed by atoms with E-state index in [1.165, 1.54) is 5.56 Å². The number of hydrogen-bond donors (Lipinski definition) is 1. The van der Waals surface area contributed by atoms with E-state index in [0.717, 1.165) is 11.8 Å². The number of nitrogens with zero attached hydrogens (tertiary/aromatic N) is 1. The molecule has 0 bridgehead atoms. The second-order valence-corrected chi connectivity index (χ2v) is 5.05. The zero-order valence-electron chi connectivity index (χ0n) is 8.38. The molecule has 0 radical (unpaired) electrons. The molecule has 2 saturated heterocycles. The van der Waals surface area contributed by atoms with Crippen molar-refractivity contribution in [2.75, 3.05) is 5.33 Å². The van der Waals surface area contributed by atoms with E-state index in [4.69, 9.17) is 0 Å². The molecule has 80 valence electrons. The molecule has 1 aromatic rings. The standard InChI is InChI=1S/C12H14BrNO/c13-7-9-6-10(15)12-11(14(9)12)8-4-2-1-3-5-8/h1-5,9-12,15H,6-7H2/t9-,10+,11-,12+,14?/m1/s1. The molecule has 1 aromatic carbocycles. The summed E-state index contributed by atoms with van der Waals surface area (Å²) in [5.74, 6) is 0. The normalized spacial score (nSPS) is 42.7. The number of aliphatic hydroxyl groups is 1. The van der Waals surface area contributed by atoms with Crippen molar-refractivity contribution in [3.8, 4) is 0 Å². The number of fused-ring (bicyclic) bond motifs is 1. The first-order valence-electron chi connectivity index (χ1n) is 5.39. The van der Waals surface area contributed by atoms with Gasteiger partial charge in [0.25, 0.3) is 0 Å². The van der Waals surface area contributed by atoms with E-state index in [1.54, 1.807) is 0 Å². The summed E-state index contributed by atoms with van der Waals surface area (Å²) < 4.78 is 0. The topological polar surface area (TPSA) is 23.2 Å². The number of benzene rings is 1. The summed E-state index contributed by atoms with van der Waals surface area (Å²) in [6, 6.07) is 11.8. The van der Waals surface area contributed by atoms with Crippen LogP contribution in [0.4, 0.5) is 0 Å². The van der Waals surface area contributed by atoms with Gasteiger partial charge in [0.15, 0.2) is 0 Å². The second kappa shape index (κ2) is 3.58. The molecule has 2 nitrogen and oxygen atoms in total. The number of alkyl halides is 1. The van der Waals surface area contributed by atoms with Gasteiger partial charge in [-0.2, -0.15) is 0 Å². The Hall–Kier alpha value is -0.380. The molecule has 0 aromatic heterocycles. The van der Waals surface area contributed by atoms with Crippen LogP contribution in [0.15, 0.2) is 30.3 Å². The first-order valence-corrected chi connectivity index (χ1v) is 6.51. The van der Waals surface area contributed by atoms with Crippen LogP contribution < -0.4 is 0 Å². The average molecular weight is 268 g/mol. The van der Waals surface area contributed by atoms with Crippen molar-refractivity contribution < 1.29 is 5.11 Å². The first kappa shape index (κ1) is 9.82. The van der Waals surface area contributed by atoms with Gasteiger partial charge in [0, 0.05) is 11.4 Å². The predicted molar refractivity (Wildman–Crippen MR) is 63.0 cm³/mol. The Morgan fingerprint density at radius 2 is 2.07 bits per heavy atom. The molecule has 3 rings (SSSR count). The van der Waals surface area contributed by atoms with Gasteiger partial charge < -0.3 is 5.11 Å². The van der Waals surface area contributed by atoms with Crippen LogP contribution in [0.1, 0.15) is 18.0 Å². The molecule has 2 heterocycles. The van der Waals surface area contributed by atoms with Gasteiger partial charge in [-0.05, 0) is 12.0 Å². The second-order valence-electron chi connectivity index (χ2n) is 4.40.